The van der Waals surface area contributed by atoms with Crippen molar-refractivity contribution in [3.8, 4) is 0 Å². The first-order chi connectivity index (χ1) is 11.3. The number of carbonyl (C=O) groups excluding carboxylic acids is 2. The molecule has 5 heteroatoms. The lowest BCUT2D eigenvalue weighted by Gasteiger charge is -2.37. The van der Waals surface area contributed by atoms with Crippen molar-refractivity contribution in [3.63, 3.8) is 0 Å². The van der Waals surface area contributed by atoms with Crippen LogP contribution in [0, 0.1) is 11.3 Å². The molecule has 2 fully saturated rings. The summed E-state index contributed by atoms with van der Waals surface area (Å²) in [7, 11) is 0. The maximum absolute atomic E-state index is 12.8. The Morgan fingerprint density at radius 1 is 1.12 bits per heavy atom. The van der Waals surface area contributed by atoms with Crippen LogP contribution in [0.3, 0.4) is 0 Å². The molecule has 1 aliphatic carbocycles. The van der Waals surface area contributed by atoms with Crippen molar-refractivity contribution in [2.75, 3.05) is 13.1 Å². The SMILES string of the molecule is CC(C)(C)C1=NC2(CCN(C(=O)C3CCCCCC3)CC2)C(=O)N1. The van der Waals surface area contributed by atoms with E-state index >= 15 is 0 Å². The molecule has 0 unspecified atom stereocenters. The van der Waals surface area contributed by atoms with E-state index in [9.17, 15) is 9.59 Å². The topological polar surface area (TPSA) is 61.8 Å². The molecule has 0 atom stereocenters. The van der Waals surface area contributed by atoms with Crippen molar-refractivity contribution in [2.45, 2.75) is 77.7 Å². The van der Waals surface area contributed by atoms with Crippen LogP contribution in [0.25, 0.3) is 0 Å². The van der Waals surface area contributed by atoms with E-state index in [1.165, 1.54) is 25.7 Å². The first-order valence-electron chi connectivity index (χ1n) is 9.52. The molecule has 2 amide bonds. The van der Waals surface area contributed by atoms with Gasteiger partial charge in [0.25, 0.3) is 5.91 Å². The van der Waals surface area contributed by atoms with Crippen LogP contribution in [0.4, 0.5) is 0 Å². The molecule has 0 aromatic rings. The average molecular weight is 333 g/mol. The molecule has 0 bridgehead atoms. The fourth-order valence-electron chi connectivity index (χ4n) is 4.09. The summed E-state index contributed by atoms with van der Waals surface area (Å²) in [5.41, 5.74) is -0.782. The second kappa shape index (κ2) is 6.49. The first kappa shape index (κ1) is 17.4. The van der Waals surface area contributed by atoms with Gasteiger partial charge in [0.15, 0.2) is 0 Å². The minimum absolute atomic E-state index is 0.0222. The van der Waals surface area contributed by atoms with Crippen molar-refractivity contribution >= 4 is 17.6 Å². The highest BCUT2D eigenvalue weighted by molar-refractivity contribution is 6.10. The van der Waals surface area contributed by atoms with Crippen molar-refractivity contribution in [3.05, 3.63) is 0 Å². The third-order valence-electron chi connectivity index (χ3n) is 5.80. The molecule has 0 aromatic heterocycles. The maximum Gasteiger partial charge on any atom is 0.253 e. The van der Waals surface area contributed by atoms with E-state index in [0.717, 1.165) is 18.7 Å². The Morgan fingerprint density at radius 3 is 2.21 bits per heavy atom. The summed E-state index contributed by atoms with van der Waals surface area (Å²) < 4.78 is 0. The van der Waals surface area contributed by atoms with Gasteiger partial charge in [-0.25, -0.2) is 0 Å². The number of hydrogen-bond donors (Lipinski definition) is 1. The van der Waals surface area contributed by atoms with Crippen molar-refractivity contribution in [1.82, 2.24) is 10.2 Å². The van der Waals surface area contributed by atoms with Crippen LogP contribution in [0.2, 0.25) is 0 Å². The minimum atomic E-state index is -0.636. The Labute approximate surface area is 145 Å². The zero-order chi connectivity index (χ0) is 17.4. The standard InChI is InChI=1S/C19H31N3O2/c1-18(2,3)16-20-17(24)19(21-16)10-12-22(13-11-19)15(23)14-8-6-4-5-7-9-14/h14H,4-13H2,1-3H3,(H,20,21,24). The minimum Gasteiger partial charge on any atom is -0.342 e. The smallest absolute Gasteiger partial charge is 0.253 e. The lowest BCUT2D eigenvalue weighted by molar-refractivity contribution is -0.139. The predicted molar refractivity (Wildman–Crippen MR) is 94.8 cm³/mol. The summed E-state index contributed by atoms with van der Waals surface area (Å²) in [6.07, 6.45) is 8.24. The van der Waals surface area contributed by atoms with Crippen molar-refractivity contribution in [2.24, 2.45) is 16.3 Å². The lowest BCUT2D eigenvalue weighted by Crippen LogP contribution is -2.51. The third-order valence-corrected chi connectivity index (χ3v) is 5.80. The fourth-order valence-corrected chi connectivity index (χ4v) is 4.09. The lowest BCUT2D eigenvalue weighted by atomic mass is 9.87. The number of likely N-dealkylation sites (tertiary alicyclic amines) is 1. The largest absolute Gasteiger partial charge is 0.342 e. The Hall–Kier alpha value is -1.39. The summed E-state index contributed by atoms with van der Waals surface area (Å²) >= 11 is 0. The number of aliphatic imine (C=N–C) groups is 1. The van der Waals surface area contributed by atoms with Gasteiger partial charge in [-0.3, -0.25) is 14.6 Å². The van der Waals surface area contributed by atoms with Gasteiger partial charge < -0.3 is 10.2 Å². The highest BCUT2D eigenvalue weighted by Gasteiger charge is 2.48. The van der Waals surface area contributed by atoms with E-state index in [2.05, 4.69) is 26.1 Å². The highest BCUT2D eigenvalue weighted by Crippen LogP contribution is 2.34. The van der Waals surface area contributed by atoms with E-state index in [1.54, 1.807) is 0 Å². The monoisotopic (exact) mass is 333 g/mol. The van der Waals surface area contributed by atoms with E-state index < -0.39 is 5.54 Å². The van der Waals surface area contributed by atoms with Crippen LogP contribution in [-0.2, 0) is 9.59 Å². The van der Waals surface area contributed by atoms with Gasteiger partial charge in [-0.2, -0.15) is 0 Å². The van der Waals surface area contributed by atoms with Gasteiger partial charge >= 0.3 is 0 Å². The summed E-state index contributed by atoms with van der Waals surface area (Å²) in [5.74, 6) is 1.32. The van der Waals surface area contributed by atoms with E-state index in [1.807, 2.05) is 4.90 Å². The quantitative estimate of drug-likeness (QED) is 0.750. The molecule has 1 saturated heterocycles. The van der Waals surface area contributed by atoms with Gasteiger partial charge in [-0.15, -0.1) is 0 Å². The first-order valence-corrected chi connectivity index (χ1v) is 9.52. The maximum atomic E-state index is 12.8. The number of piperidine rings is 1. The molecule has 1 N–H and O–H groups in total. The number of rotatable bonds is 1. The van der Waals surface area contributed by atoms with Crippen molar-refractivity contribution in [1.29, 1.82) is 0 Å². The zero-order valence-corrected chi connectivity index (χ0v) is 15.4. The van der Waals surface area contributed by atoms with Crippen molar-refractivity contribution < 1.29 is 9.59 Å². The molecule has 0 aromatic carbocycles. The molecule has 2 heterocycles. The van der Waals surface area contributed by atoms with E-state index in [4.69, 9.17) is 4.99 Å². The molecule has 1 spiro atoms. The number of nitrogens with one attached hydrogen (secondary N) is 1. The summed E-state index contributed by atoms with van der Waals surface area (Å²) in [6.45, 7) is 7.51. The van der Waals surface area contributed by atoms with Crippen LogP contribution in [0.5, 0.6) is 0 Å². The van der Waals surface area contributed by atoms with Crippen LogP contribution in [-0.4, -0.2) is 41.2 Å². The zero-order valence-electron chi connectivity index (χ0n) is 15.4. The Bertz CT molecular complexity index is 531. The van der Waals surface area contributed by atoms with Crippen LogP contribution < -0.4 is 5.32 Å². The number of amides is 2. The molecule has 1 saturated carbocycles. The summed E-state index contributed by atoms with van der Waals surface area (Å²) in [4.78, 5) is 32.1. The van der Waals surface area contributed by atoms with Gasteiger partial charge in [-0.1, -0.05) is 46.5 Å². The van der Waals surface area contributed by atoms with Crippen LogP contribution in [0.15, 0.2) is 4.99 Å². The summed E-state index contributed by atoms with van der Waals surface area (Å²) in [6, 6.07) is 0. The van der Waals surface area contributed by atoms with Crippen LogP contribution in [0.1, 0.15) is 72.1 Å². The summed E-state index contributed by atoms with van der Waals surface area (Å²) in [5, 5.41) is 2.98. The predicted octanol–water partition coefficient (Wildman–Crippen LogP) is 2.89. The molecule has 24 heavy (non-hydrogen) atoms. The Morgan fingerprint density at radius 2 is 1.71 bits per heavy atom. The van der Waals surface area contributed by atoms with Gasteiger partial charge in [0, 0.05) is 24.4 Å². The molecule has 2 aliphatic heterocycles. The second-order valence-corrected chi connectivity index (χ2v) is 8.71. The molecular weight excluding hydrogens is 302 g/mol. The fraction of sp³-hybridized carbons (Fsp3) is 0.842. The number of hydrogen-bond acceptors (Lipinski definition) is 3. The molecule has 0 radical (unpaired) electrons. The number of nitrogens with zero attached hydrogens (tertiary/aromatic N) is 2. The molecule has 134 valence electrons. The molecular formula is C19H31N3O2. The van der Waals surface area contributed by atoms with E-state index in [0.29, 0.717) is 31.8 Å². The van der Waals surface area contributed by atoms with Gasteiger partial charge in [0.05, 0.1) is 0 Å². The Balaban J connectivity index is 1.64. The highest BCUT2D eigenvalue weighted by atomic mass is 16.2. The molecule has 3 rings (SSSR count). The molecule has 5 nitrogen and oxygen atoms in total. The van der Waals surface area contributed by atoms with Gasteiger partial charge in [0.1, 0.15) is 11.4 Å². The normalized spacial score (nSPS) is 25.4. The van der Waals surface area contributed by atoms with Crippen LogP contribution >= 0.6 is 0 Å². The number of carbonyl (C=O) groups is 2. The number of amidine groups is 1. The second-order valence-electron chi connectivity index (χ2n) is 8.71. The third kappa shape index (κ3) is 3.35. The average Bonchev–Trinajstić information content (AvgIpc) is 2.73. The Kier molecular flexibility index (Phi) is 4.71. The van der Waals surface area contributed by atoms with Gasteiger partial charge in [0.2, 0.25) is 5.91 Å². The van der Waals surface area contributed by atoms with Gasteiger partial charge in [-0.05, 0) is 25.7 Å². The molecule has 3 aliphatic rings. The van der Waals surface area contributed by atoms with E-state index in [-0.39, 0.29) is 17.2 Å².